The minimum atomic E-state index is -0.265. The largest absolute Gasteiger partial charge is 0.487 e. The van der Waals surface area contributed by atoms with E-state index in [0.717, 1.165) is 26.8 Å². The smallest absolute Gasteiger partial charge is 0.138 e. The average Bonchev–Trinajstić information content (AvgIpc) is 2.47. The van der Waals surface area contributed by atoms with Crippen molar-refractivity contribution in [2.75, 3.05) is 6.54 Å². The summed E-state index contributed by atoms with van der Waals surface area (Å²) in [5.41, 5.74) is 1.57. The Hall–Kier alpha value is -0.910. The highest BCUT2D eigenvalue weighted by molar-refractivity contribution is 9.10. The Morgan fingerprint density at radius 2 is 1.95 bits per heavy atom. The molecule has 0 saturated heterocycles. The quantitative estimate of drug-likeness (QED) is 0.712. The molecule has 0 atom stereocenters. The van der Waals surface area contributed by atoms with Crippen molar-refractivity contribution in [3.8, 4) is 5.75 Å². The summed E-state index contributed by atoms with van der Waals surface area (Å²) in [7, 11) is 0. The van der Waals surface area contributed by atoms with Gasteiger partial charge in [0.2, 0.25) is 0 Å². The molecule has 0 saturated carbocycles. The molecule has 0 fully saturated rings. The van der Waals surface area contributed by atoms with Crippen LogP contribution in [0.4, 0.5) is 4.39 Å². The summed E-state index contributed by atoms with van der Waals surface area (Å²) in [6.07, 6.45) is 0. The molecule has 0 aliphatic heterocycles. The summed E-state index contributed by atoms with van der Waals surface area (Å²) < 4.78 is 21.3. The molecule has 21 heavy (non-hydrogen) atoms. The molecule has 1 N–H and O–H groups in total. The Bertz CT molecular complexity index is 619. The second-order valence-electron chi connectivity index (χ2n) is 4.53. The highest BCUT2D eigenvalue weighted by Crippen LogP contribution is 2.30. The van der Waals surface area contributed by atoms with Crippen LogP contribution < -0.4 is 10.1 Å². The van der Waals surface area contributed by atoms with Gasteiger partial charge in [0.1, 0.15) is 18.2 Å². The lowest BCUT2D eigenvalue weighted by atomic mass is 10.2. The summed E-state index contributed by atoms with van der Waals surface area (Å²) in [6, 6.07) is 10.7. The minimum absolute atomic E-state index is 0.188. The fourth-order valence-corrected chi connectivity index (χ4v) is 2.85. The van der Waals surface area contributed by atoms with Crippen LogP contribution in [0.25, 0.3) is 0 Å². The van der Waals surface area contributed by atoms with Gasteiger partial charge in [0.25, 0.3) is 0 Å². The van der Waals surface area contributed by atoms with E-state index in [1.54, 1.807) is 12.1 Å². The van der Waals surface area contributed by atoms with Crippen LogP contribution in [0.1, 0.15) is 18.1 Å². The monoisotopic (exact) mass is 415 g/mol. The lowest BCUT2D eigenvalue weighted by molar-refractivity contribution is 0.294. The van der Waals surface area contributed by atoms with E-state index in [9.17, 15) is 4.39 Å². The topological polar surface area (TPSA) is 21.3 Å². The zero-order valence-electron chi connectivity index (χ0n) is 11.6. The number of hydrogen-bond acceptors (Lipinski definition) is 2. The van der Waals surface area contributed by atoms with Gasteiger partial charge in [0, 0.05) is 22.1 Å². The van der Waals surface area contributed by atoms with Crippen molar-refractivity contribution < 1.29 is 9.13 Å². The molecule has 0 aliphatic carbocycles. The van der Waals surface area contributed by atoms with Crippen LogP contribution in [0.2, 0.25) is 0 Å². The third-order valence-corrected chi connectivity index (χ3v) is 4.11. The number of ether oxygens (including phenoxy) is 1. The first-order valence-corrected chi connectivity index (χ1v) is 8.25. The predicted molar refractivity (Wildman–Crippen MR) is 90.0 cm³/mol. The molecule has 0 heterocycles. The summed E-state index contributed by atoms with van der Waals surface area (Å²) in [5, 5.41) is 3.27. The van der Waals surface area contributed by atoms with Crippen LogP contribution in [0.3, 0.4) is 0 Å². The van der Waals surface area contributed by atoms with Gasteiger partial charge in [-0.3, -0.25) is 0 Å². The molecular formula is C16H16Br2FNO. The van der Waals surface area contributed by atoms with Gasteiger partial charge in [0.05, 0.1) is 4.47 Å². The van der Waals surface area contributed by atoms with Crippen molar-refractivity contribution in [3.05, 3.63) is 62.3 Å². The van der Waals surface area contributed by atoms with Gasteiger partial charge in [0.15, 0.2) is 0 Å². The fraction of sp³-hybridized carbons (Fsp3) is 0.250. The van der Waals surface area contributed by atoms with Crippen molar-refractivity contribution in [2.45, 2.75) is 20.1 Å². The normalized spacial score (nSPS) is 10.7. The standard InChI is InChI=1S/C16H16Br2FNO/c1-2-20-9-11-4-3-5-14(18)16(11)21-10-12-8-13(17)6-7-15(12)19/h3-8,20H,2,9-10H2,1H3. The third kappa shape index (κ3) is 4.53. The number of halogens is 3. The number of nitrogens with one attached hydrogen (secondary N) is 1. The van der Waals surface area contributed by atoms with E-state index in [1.165, 1.54) is 6.07 Å². The fourth-order valence-electron chi connectivity index (χ4n) is 1.92. The first-order chi connectivity index (χ1) is 10.1. The SMILES string of the molecule is CCNCc1cccc(Br)c1OCc1cc(Br)ccc1F. The molecule has 2 rings (SSSR count). The molecule has 0 amide bonds. The van der Waals surface area contributed by atoms with Gasteiger partial charge in [-0.15, -0.1) is 0 Å². The molecule has 0 unspecified atom stereocenters. The summed E-state index contributed by atoms with van der Waals surface area (Å²) in [6.45, 7) is 3.83. The Morgan fingerprint density at radius 1 is 1.14 bits per heavy atom. The van der Waals surface area contributed by atoms with Crippen LogP contribution in [-0.2, 0) is 13.2 Å². The van der Waals surface area contributed by atoms with Crippen LogP contribution in [-0.4, -0.2) is 6.54 Å². The van der Waals surface area contributed by atoms with Crippen molar-refractivity contribution in [1.29, 1.82) is 0 Å². The van der Waals surface area contributed by atoms with Gasteiger partial charge in [-0.05, 0) is 46.7 Å². The summed E-state index contributed by atoms with van der Waals surface area (Å²) in [4.78, 5) is 0. The van der Waals surface area contributed by atoms with Crippen molar-refractivity contribution in [1.82, 2.24) is 5.32 Å². The lowest BCUT2D eigenvalue weighted by Crippen LogP contribution is -2.13. The third-order valence-electron chi connectivity index (χ3n) is 2.99. The molecule has 2 aromatic rings. The Kier molecular flexibility index (Phi) is 6.21. The van der Waals surface area contributed by atoms with E-state index in [2.05, 4.69) is 44.1 Å². The van der Waals surface area contributed by atoms with Crippen LogP contribution in [0.15, 0.2) is 45.3 Å². The van der Waals surface area contributed by atoms with Crippen molar-refractivity contribution in [3.63, 3.8) is 0 Å². The highest BCUT2D eigenvalue weighted by Gasteiger charge is 2.10. The predicted octanol–water partition coefficient (Wildman–Crippen LogP) is 5.04. The van der Waals surface area contributed by atoms with E-state index in [4.69, 9.17) is 4.74 Å². The first kappa shape index (κ1) is 16.5. The molecule has 0 spiro atoms. The molecule has 0 bridgehead atoms. The Morgan fingerprint density at radius 3 is 2.71 bits per heavy atom. The van der Waals surface area contributed by atoms with Gasteiger partial charge in [-0.1, -0.05) is 35.0 Å². The van der Waals surface area contributed by atoms with E-state index < -0.39 is 0 Å². The number of hydrogen-bond donors (Lipinski definition) is 1. The maximum Gasteiger partial charge on any atom is 0.138 e. The van der Waals surface area contributed by atoms with Gasteiger partial charge < -0.3 is 10.1 Å². The van der Waals surface area contributed by atoms with E-state index in [0.29, 0.717) is 12.1 Å². The maximum atomic E-state index is 13.8. The zero-order chi connectivity index (χ0) is 15.2. The Balaban J connectivity index is 2.17. The maximum absolute atomic E-state index is 13.8. The lowest BCUT2D eigenvalue weighted by Gasteiger charge is -2.14. The molecule has 0 aromatic heterocycles. The van der Waals surface area contributed by atoms with Gasteiger partial charge in [-0.2, -0.15) is 0 Å². The number of benzene rings is 2. The minimum Gasteiger partial charge on any atom is -0.487 e. The number of para-hydroxylation sites is 1. The first-order valence-electron chi connectivity index (χ1n) is 6.66. The van der Waals surface area contributed by atoms with Crippen LogP contribution in [0.5, 0.6) is 5.75 Å². The molecule has 0 radical (unpaired) electrons. The molecular weight excluding hydrogens is 401 g/mol. The Labute approximate surface area is 141 Å². The van der Waals surface area contributed by atoms with Gasteiger partial charge >= 0.3 is 0 Å². The molecule has 2 nitrogen and oxygen atoms in total. The van der Waals surface area contributed by atoms with Gasteiger partial charge in [-0.25, -0.2) is 4.39 Å². The van der Waals surface area contributed by atoms with E-state index >= 15 is 0 Å². The summed E-state index contributed by atoms with van der Waals surface area (Å²) in [5.74, 6) is 0.483. The van der Waals surface area contributed by atoms with Crippen LogP contribution >= 0.6 is 31.9 Å². The summed E-state index contributed by atoms with van der Waals surface area (Å²) >= 11 is 6.83. The van der Waals surface area contributed by atoms with Crippen molar-refractivity contribution in [2.24, 2.45) is 0 Å². The second kappa shape index (κ2) is 7.92. The molecule has 0 aliphatic rings. The zero-order valence-corrected chi connectivity index (χ0v) is 14.8. The number of rotatable bonds is 6. The van der Waals surface area contributed by atoms with E-state index in [-0.39, 0.29) is 12.4 Å². The second-order valence-corrected chi connectivity index (χ2v) is 6.30. The molecule has 5 heteroatoms. The molecule has 112 valence electrons. The van der Waals surface area contributed by atoms with Crippen molar-refractivity contribution >= 4 is 31.9 Å². The van der Waals surface area contributed by atoms with Crippen LogP contribution in [0, 0.1) is 5.82 Å². The molecule has 2 aromatic carbocycles. The van der Waals surface area contributed by atoms with E-state index in [1.807, 2.05) is 18.2 Å². The highest BCUT2D eigenvalue weighted by atomic mass is 79.9. The average molecular weight is 417 g/mol.